The number of carbonyl (C=O) groups excluding carboxylic acids is 1. The summed E-state index contributed by atoms with van der Waals surface area (Å²) in [7, 11) is 0. The van der Waals surface area contributed by atoms with Crippen molar-refractivity contribution in [3.05, 3.63) is 57.2 Å². The van der Waals surface area contributed by atoms with Crippen molar-refractivity contribution in [2.45, 2.75) is 13.5 Å². The van der Waals surface area contributed by atoms with Crippen LogP contribution in [0.15, 0.2) is 41.1 Å². The summed E-state index contributed by atoms with van der Waals surface area (Å²) in [5.74, 6) is 0.0683. The van der Waals surface area contributed by atoms with E-state index in [-0.39, 0.29) is 5.91 Å². The average Bonchev–Trinajstić information content (AvgIpc) is 2.89. The Kier molecular flexibility index (Phi) is 4.39. The Morgan fingerprint density at radius 1 is 1.39 bits per heavy atom. The number of thiophene rings is 1. The van der Waals surface area contributed by atoms with Gasteiger partial charge in [-0.15, -0.1) is 0 Å². The van der Waals surface area contributed by atoms with Crippen LogP contribution in [0.4, 0.5) is 0 Å². The standard InChI is InChI=1S/C14H14ClNOS/c1-2-16(14(17)12-6-7-18-10-12)9-11-4-3-5-13(15)8-11/h3-8,10H,2,9H2,1H3. The zero-order chi connectivity index (χ0) is 13.0. The molecule has 0 aliphatic rings. The summed E-state index contributed by atoms with van der Waals surface area (Å²) < 4.78 is 0. The molecule has 2 rings (SSSR count). The number of carbonyl (C=O) groups is 1. The Bertz CT molecular complexity index is 524. The Morgan fingerprint density at radius 3 is 2.83 bits per heavy atom. The first-order chi connectivity index (χ1) is 8.70. The lowest BCUT2D eigenvalue weighted by Gasteiger charge is -2.20. The maximum Gasteiger partial charge on any atom is 0.254 e. The van der Waals surface area contributed by atoms with Crippen LogP contribution in [0, 0.1) is 0 Å². The molecule has 0 unspecified atom stereocenters. The molecule has 0 aliphatic heterocycles. The van der Waals surface area contributed by atoms with Gasteiger partial charge in [-0.3, -0.25) is 4.79 Å². The molecule has 0 saturated heterocycles. The molecule has 1 heterocycles. The molecule has 4 heteroatoms. The highest BCUT2D eigenvalue weighted by atomic mass is 35.5. The fourth-order valence-electron chi connectivity index (χ4n) is 1.75. The van der Waals surface area contributed by atoms with Crippen molar-refractivity contribution in [1.82, 2.24) is 4.90 Å². The van der Waals surface area contributed by atoms with Crippen LogP contribution >= 0.6 is 22.9 Å². The zero-order valence-electron chi connectivity index (χ0n) is 10.1. The number of benzene rings is 1. The van der Waals surface area contributed by atoms with Gasteiger partial charge < -0.3 is 4.90 Å². The lowest BCUT2D eigenvalue weighted by Crippen LogP contribution is -2.29. The molecule has 0 aliphatic carbocycles. The number of rotatable bonds is 4. The van der Waals surface area contributed by atoms with Crippen LogP contribution in [-0.2, 0) is 6.54 Å². The highest BCUT2D eigenvalue weighted by Crippen LogP contribution is 2.15. The molecular weight excluding hydrogens is 266 g/mol. The number of hydrogen-bond acceptors (Lipinski definition) is 2. The minimum Gasteiger partial charge on any atom is -0.335 e. The van der Waals surface area contributed by atoms with Crippen molar-refractivity contribution in [2.24, 2.45) is 0 Å². The van der Waals surface area contributed by atoms with Crippen molar-refractivity contribution in [3.8, 4) is 0 Å². The summed E-state index contributed by atoms with van der Waals surface area (Å²) in [4.78, 5) is 14.0. The quantitative estimate of drug-likeness (QED) is 0.826. The molecule has 0 saturated carbocycles. The summed E-state index contributed by atoms with van der Waals surface area (Å²) in [6.45, 7) is 3.25. The minimum atomic E-state index is 0.0683. The second kappa shape index (κ2) is 6.03. The summed E-state index contributed by atoms with van der Waals surface area (Å²) in [5, 5.41) is 4.50. The van der Waals surface area contributed by atoms with Crippen LogP contribution in [0.2, 0.25) is 5.02 Å². The lowest BCUT2D eigenvalue weighted by atomic mass is 10.2. The third-order valence-electron chi connectivity index (χ3n) is 2.70. The highest BCUT2D eigenvalue weighted by Gasteiger charge is 2.14. The van der Waals surface area contributed by atoms with Crippen molar-refractivity contribution in [2.75, 3.05) is 6.54 Å². The van der Waals surface area contributed by atoms with E-state index < -0.39 is 0 Å². The molecule has 0 fully saturated rings. The van der Waals surface area contributed by atoms with Gasteiger partial charge in [-0.25, -0.2) is 0 Å². The zero-order valence-corrected chi connectivity index (χ0v) is 11.7. The molecule has 0 spiro atoms. The maximum absolute atomic E-state index is 12.2. The predicted molar refractivity (Wildman–Crippen MR) is 76.2 cm³/mol. The van der Waals surface area contributed by atoms with Crippen molar-refractivity contribution < 1.29 is 4.79 Å². The fourth-order valence-corrected chi connectivity index (χ4v) is 2.59. The van der Waals surface area contributed by atoms with Crippen LogP contribution in [0.25, 0.3) is 0 Å². The molecule has 1 amide bonds. The number of nitrogens with zero attached hydrogens (tertiary/aromatic N) is 1. The Morgan fingerprint density at radius 2 is 2.22 bits per heavy atom. The van der Waals surface area contributed by atoms with Gasteiger partial charge in [0, 0.05) is 23.5 Å². The molecule has 0 atom stereocenters. The molecule has 1 aromatic heterocycles. The molecule has 0 bridgehead atoms. The van der Waals surface area contributed by atoms with E-state index in [4.69, 9.17) is 11.6 Å². The van der Waals surface area contributed by atoms with Gasteiger partial charge in [-0.2, -0.15) is 11.3 Å². The topological polar surface area (TPSA) is 20.3 Å². The van der Waals surface area contributed by atoms with E-state index in [1.165, 1.54) is 11.3 Å². The molecule has 0 radical (unpaired) electrons. The molecule has 1 aromatic carbocycles. The van der Waals surface area contributed by atoms with E-state index in [1.54, 1.807) is 0 Å². The molecular formula is C14H14ClNOS. The lowest BCUT2D eigenvalue weighted by molar-refractivity contribution is 0.0753. The van der Waals surface area contributed by atoms with Crippen LogP contribution in [0.3, 0.4) is 0 Å². The number of amides is 1. The normalized spacial score (nSPS) is 10.3. The molecule has 2 aromatic rings. The van der Waals surface area contributed by atoms with Gasteiger partial charge in [-0.1, -0.05) is 23.7 Å². The van der Waals surface area contributed by atoms with E-state index in [0.29, 0.717) is 18.1 Å². The van der Waals surface area contributed by atoms with E-state index in [0.717, 1.165) is 11.1 Å². The van der Waals surface area contributed by atoms with Crippen molar-refractivity contribution in [3.63, 3.8) is 0 Å². The predicted octanol–water partition coefficient (Wildman–Crippen LogP) is 4.06. The van der Waals surface area contributed by atoms with E-state index in [9.17, 15) is 4.79 Å². The summed E-state index contributed by atoms with van der Waals surface area (Å²) in [6.07, 6.45) is 0. The number of halogens is 1. The van der Waals surface area contributed by atoms with Crippen LogP contribution in [-0.4, -0.2) is 17.4 Å². The molecule has 18 heavy (non-hydrogen) atoms. The van der Waals surface area contributed by atoms with Crippen LogP contribution < -0.4 is 0 Å². The van der Waals surface area contributed by atoms with Gasteiger partial charge in [-0.05, 0) is 36.1 Å². The van der Waals surface area contributed by atoms with E-state index in [1.807, 2.05) is 52.9 Å². The largest absolute Gasteiger partial charge is 0.335 e. The van der Waals surface area contributed by atoms with Crippen molar-refractivity contribution >= 4 is 28.8 Å². The fraction of sp³-hybridized carbons (Fsp3) is 0.214. The van der Waals surface area contributed by atoms with Crippen LogP contribution in [0.5, 0.6) is 0 Å². The van der Waals surface area contributed by atoms with Gasteiger partial charge in [0.05, 0.1) is 5.56 Å². The summed E-state index contributed by atoms with van der Waals surface area (Å²) >= 11 is 7.48. The SMILES string of the molecule is CCN(Cc1cccc(Cl)c1)C(=O)c1ccsc1. The van der Waals surface area contributed by atoms with Crippen molar-refractivity contribution in [1.29, 1.82) is 0 Å². The molecule has 2 nitrogen and oxygen atoms in total. The second-order valence-corrected chi connectivity index (χ2v) is 5.18. The summed E-state index contributed by atoms with van der Waals surface area (Å²) in [6, 6.07) is 9.47. The molecule has 0 N–H and O–H groups in total. The third-order valence-corrected chi connectivity index (χ3v) is 3.62. The third kappa shape index (κ3) is 3.12. The number of hydrogen-bond donors (Lipinski definition) is 0. The minimum absolute atomic E-state index is 0.0683. The van der Waals surface area contributed by atoms with Gasteiger partial charge in [0.1, 0.15) is 0 Å². The summed E-state index contributed by atoms with van der Waals surface area (Å²) in [5.41, 5.74) is 1.80. The molecule has 94 valence electrons. The Balaban J connectivity index is 2.12. The maximum atomic E-state index is 12.2. The van der Waals surface area contributed by atoms with Gasteiger partial charge in [0.15, 0.2) is 0 Å². The first-order valence-corrected chi connectivity index (χ1v) is 7.08. The average molecular weight is 280 g/mol. The first kappa shape index (κ1) is 13.1. The van der Waals surface area contributed by atoms with Gasteiger partial charge in [0.2, 0.25) is 0 Å². The Labute approximate surface area is 116 Å². The van der Waals surface area contributed by atoms with E-state index in [2.05, 4.69) is 0 Å². The van der Waals surface area contributed by atoms with Crippen LogP contribution in [0.1, 0.15) is 22.8 Å². The highest BCUT2D eigenvalue weighted by molar-refractivity contribution is 7.08. The van der Waals surface area contributed by atoms with Gasteiger partial charge >= 0.3 is 0 Å². The second-order valence-electron chi connectivity index (χ2n) is 3.96. The first-order valence-electron chi connectivity index (χ1n) is 5.76. The van der Waals surface area contributed by atoms with E-state index >= 15 is 0 Å². The smallest absolute Gasteiger partial charge is 0.254 e. The van der Waals surface area contributed by atoms with Gasteiger partial charge in [0.25, 0.3) is 5.91 Å². The Hall–Kier alpha value is -1.32. The monoisotopic (exact) mass is 279 g/mol.